The topological polar surface area (TPSA) is 81.5 Å². The van der Waals surface area contributed by atoms with E-state index in [0.29, 0.717) is 23.9 Å². The summed E-state index contributed by atoms with van der Waals surface area (Å²) in [5.41, 5.74) is 1.60. The van der Waals surface area contributed by atoms with E-state index < -0.39 is 0 Å². The predicted octanol–water partition coefficient (Wildman–Crippen LogP) is 4.02. The van der Waals surface area contributed by atoms with Crippen LogP contribution in [0.3, 0.4) is 0 Å². The first-order chi connectivity index (χ1) is 13.2. The molecule has 1 N–H and O–H groups in total. The zero-order chi connectivity index (χ0) is 18.6. The summed E-state index contributed by atoms with van der Waals surface area (Å²) in [4.78, 5) is 9.25. The second-order valence-electron chi connectivity index (χ2n) is 6.83. The summed E-state index contributed by atoms with van der Waals surface area (Å²) in [6.07, 6.45) is 13.1. The summed E-state index contributed by atoms with van der Waals surface area (Å²) < 4.78 is 3.35. The molecule has 27 heavy (non-hydrogen) atoms. The van der Waals surface area contributed by atoms with Crippen molar-refractivity contribution in [2.75, 3.05) is 5.32 Å². The van der Waals surface area contributed by atoms with Crippen molar-refractivity contribution in [3.8, 4) is 0 Å². The Morgan fingerprint density at radius 2 is 2.22 bits per heavy atom. The first-order valence-electron chi connectivity index (χ1n) is 9.19. The third kappa shape index (κ3) is 4.27. The molecule has 8 heteroatoms. The SMILES string of the molecule is [O-][n+]1cccc(CNc2cc(N=CC3CCCCC3)nc3c(Br)cnn23)c1. The van der Waals surface area contributed by atoms with Crippen LogP contribution in [0.1, 0.15) is 37.7 Å². The molecule has 0 unspecified atom stereocenters. The van der Waals surface area contributed by atoms with E-state index in [2.05, 4.69) is 36.3 Å². The van der Waals surface area contributed by atoms with Crippen LogP contribution in [0.5, 0.6) is 0 Å². The molecule has 0 amide bonds. The molecule has 1 aliphatic rings. The molecule has 140 valence electrons. The number of anilines is 1. The van der Waals surface area contributed by atoms with Gasteiger partial charge in [-0.15, -0.1) is 0 Å². The Labute approximate surface area is 165 Å². The lowest BCUT2D eigenvalue weighted by Crippen LogP contribution is -2.25. The minimum Gasteiger partial charge on any atom is -0.619 e. The maximum atomic E-state index is 11.4. The number of pyridine rings is 1. The molecule has 1 fully saturated rings. The number of halogens is 1. The van der Waals surface area contributed by atoms with E-state index in [0.717, 1.165) is 20.6 Å². The molecule has 3 aromatic rings. The molecule has 3 heterocycles. The number of aromatic nitrogens is 4. The Kier molecular flexibility index (Phi) is 5.33. The first kappa shape index (κ1) is 17.9. The molecule has 0 saturated heterocycles. The number of fused-ring (bicyclic) bond motifs is 1. The van der Waals surface area contributed by atoms with Crippen molar-refractivity contribution in [3.63, 3.8) is 0 Å². The lowest BCUT2D eigenvalue weighted by atomic mass is 9.90. The Hall–Kier alpha value is -2.48. The highest BCUT2D eigenvalue weighted by Gasteiger charge is 2.13. The fourth-order valence-electron chi connectivity index (χ4n) is 3.38. The molecule has 0 aromatic carbocycles. The van der Waals surface area contributed by atoms with Crippen LogP contribution >= 0.6 is 15.9 Å². The lowest BCUT2D eigenvalue weighted by Gasteiger charge is -2.16. The molecule has 0 spiro atoms. The van der Waals surface area contributed by atoms with E-state index in [9.17, 15) is 5.21 Å². The standard InChI is InChI=1S/C19H21BrN6O/c20-16-12-23-26-18(22-11-15-7-4-8-25(27)13-15)9-17(24-19(16)26)21-10-14-5-2-1-3-6-14/h4,7-10,12-14,22H,1-3,5-6,11H2. The smallest absolute Gasteiger partial charge is 0.185 e. The van der Waals surface area contributed by atoms with Gasteiger partial charge in [0.1, 0.15) is 5.82 Å². The third-order valence-corrected chi connectivity index (χ3v) is 5.35. The van der Waals surface area contributed by atoms with Gasteiger partial charge in [-0.05, 0) is 40.8 Å². The van der Waals surface area contributed by atoms with Crippen LogP contribution < -0.4 is 10.0 Å². The Morgan fingerprint density at radius 1 is 1.37 bits per heavy atom. The highest BCUT2D eigenvalue weighted by atomic mass is 79.9. The summed E-state index contributed by atoms with van der Waals surface area (Å²) in [7, 11) is 0. The highest BCUT2D eigenvalue weighted by Crippen LogP contribution is 2.26. The fraction of sp³-hybridized carbons (Fsp3) is 0.368. The lowest BCUT2D eigenvalue weighted by molar-refractivity contribution is -0.605. The molecule has 0 radical (unpaired) electrons. The van der Waals surface area contributed by atoms with E-state index in [1.54, 1.807) is 23.0 Å². The van der Waals surface area contributed by atoms with Gasteiger partial charge in [-0.25, -0.2) is 9.98 Å². The van der Waals surface area contributed by atoms with Gasteiger partial charge in [-0.2, -0.15) is 14.3 Å². The Balaban J connectivity index is 1.59. The van der Waals surface area contributed by atoms with Gasteiger partial charge < -0.3 is 10.5 Å². The van der Waals surface area contributed by atoms with Gasteiger partial charge in [-0.1, -0.05) is 19.3 Å². The van der Waals surface area contributed by atoms with E-state index in [1.165, 1.54) is 38.3 Å². The van der Waals surface area contributed by atoms with Crippen molar-refractivity contribution in [2.24, 2.45) is 10.9 Å². The maximum absolute atomic E-state index is 11.4. The normalized spacial score (nSPS) is 15.6. The second-order valence-corrected chi connectivity index (χ2v) is 7.68. The van der Waals surface area contributed by atoms with E-state index >= 15 is 0 Å². The average molecular weight is 429 g/mol. The zero-order valence-corrected chi connectivity index (χ0v) is 16.5. The molecule has 3 aromatic heterocycles. The monoisotopic (exact) mass is 428 g/mol. The van der Waals surface area contributed by atoms with Gasteiger partial charge >= 0.3 is 0 Å². The molecule has 1 aliphatic carbocycles. The molecule has 0 bridgehead atoms. The third-order valence-electron chi connectivity index (χ3n) is 4.79. The molecule has 4 rings (SSSR count). The first-order valence-corrected chi connectivity index (χ1v) is 9.98. The largest absolute Gasteiger partial charge is 0.619 e. The van der Waals surface area contributed by atoms with Crippen LogP contribution in [-0.2, 0) is 6.54 Å². The predicted molar refractivity (Wildman–Crippen MR) is 108 cm³/mol. The highest BCUT2D eigenvalue weighted by molar-refractivity contribution is 9.10. The number of rotatable bonds is 5. The van der Waals surface area contributed by atoms with Crippen molar-refractivity contribution in [1.82, 2.24) is 14.6 Å². The van der Waals surface area contributed by atoms with Crippen LogP contribution in [0.4, 0.5) is 11.6 Å². The van der Waals surface area contributed by atoms with Gasteiger partial charge in [0.25, 0.3) is 0 Å². The van der Waals surface area contributed by atoms with Crippen molar-refractivity contribution in [1.29, 1.82) is 0 Å². The fourth-order valence-corrected chi connectivity index (χ4v) is 3.73. The van der Waals surface area contributed by atoms with Gasteiger partial charge in [0.15, 0.2) is 23.9 Å². The second kappa shape index (κ2) is 8.04. The molecule has 1 saturated carbocycles. The number of hydrogen-bond donors (Lipinski definition) is 1. The van der Waals surface area contributed by atoms with Gasteiger partial charge in [-0.3, -0.25) is 0 Å². The summed E-state index contributed by atoms with van der Waals surface area (Å²) in [5, 5.41) is 19.1. The van der Waals surface area contributed by atoms with Gasteiger partial charge in [0, 0.05) is 30.5 Å². The Bertz CT molecular complexity index is 964. The summed E-state index contributed by atoms with van der Waals surface area (Å²) in [5.74, 6) is 1.98. The number of nitrogens with one attached hydrogen (secondary N) is 1. The number of aliphatic imine (C=N–C) groups is 1. The molecule has 7 nitrogen and oxygen atoms in total. The van der Waals surface area contributed by atoms with Crippen molar-refractivity contribution < 1.29 is 4.73 Å². The molecular weight excluding hydrogens is 408 g/mol. The van der Waals surface area contributed by atoms with Crippen LogP contribution in [0.2, 0.25) is 0 Å². The molecule has 0 aliphatic heterocycles. The quantitative estimate of drug-likeness (QED) is 0.377. The number of nitrogens with zero attached hydrogens (tertiary/aromatic N) is 5. The minimum atomic E-state index is 0.505. The van der Waals surface area contributed by atoms with Crippen molar-refractivity contribution in [3.05, 3.63) is 52.0 Å². The average Bonchev–Trinajstić information content (AvgIpc) is 3.06. The van der Waals surface area contributed by atoms with Crippen LogP contribution in [0.25, 0.3) is 5.65 Å². The summed E-state index contributed by atoms with van der Waals surface area (Å²) in [6.45, 7) is 0.505. The van der Waals surface area contributed by atoms with Crippen molar-refractivity contribution in [2.45, 2.75) is 38.6 Å². The van der Waals surface area contributed by atoms with E-state index in [4.69, 9.17) is 0 Å². The zero-order valence-electron chi connectivity index (χ0n) is 14.9. The summed E-state index contributed by atoms with van der Waals surface area (Å²) >= 11 is 3.50. The van der Waals surface area contributed by atoms with E-state index in [-0.39, 0.29) is 0 Å². The van der Waals surface area contributed by atoms with E-state index in [1.807, 2.05) is 18.3 Å². The number of hydrogen-bond acceptors (Lipinski definition) is 5. The molecular formula is C19H21BrN6O. The Morgan fingerprint density at radius 3 is 3.04 bits per heavy atom. The van der Waals surface area contributed by atoms with Crippen molar-refractivity contribution >= 4 is 39.4 Å². The van der Waals surface area contributed by atoms with Crippen LogP contribution in [0, 0.1) is 11.1 Å². The maximum Gasteiger partial charge on any atom is 0.185 e. The minimum absolute atomic E-state index is 0.505. The summed E-state index contributed by atoms with van der Waals surface area (Å²) in [6, 6.07) is 5.53. The van der Waals surface area contributed by atoms with Crippen LogP contribution in [-0.4, -0.2) is 20.8 Å². The molecule has 0 atom stereocenters. The van der Waals surface area contributed by atoms with Gasteiger partial charge in [0.2, 0.25) is 0 Å². The van der Waals surface area contributed by atoms with Gasteiger partial charge in [0.05, 0.1) is 10.7 Å². The van der Waals surface area contributed by atoms with Crippen LogP contribution in [0.15, 0.2) is 46.3 Å².